The van der Waals surface area contributed by atoms with Crippen LogP contribution in [0.4, 0.5) is 0 Å². The van der Waals surface area contributed by atoms with Gasteiger partial charge in [0.1, 0.15) is 12.4 Å². The van der Waals surface area contributed by atoms with Gasteiger partial charge in [-0.25, -0.2) is 0 Å². The molecule has 0 atom stereocenters. The van der Waals surface area contributed by atoms with E-state index in [4.69, 9.17) is 25.8 Å². The Morgan fingerprint density at radius 1 is 0.848 bits per heavy atom. The van der Waals surface area contributed by atoms with E-state index >= 15 is 0 Å². The molecule has 0 unspecified atom stereocenters. The summed E-state index contributed by atoms with van der Waals surface area (Å²) in [6.45, 7) is 4.67. The third kappa shape index (κ3) is 5.24. The second kappa shape index (κ2) is 9.73. The highest BCUT2D eigenvalue weighted by atomic mass is 35.5. The minimum atomic E-state index is 0.0721. The van der Waals surface area contributed by atoms with Crippen molar-refractivity contribution in [3.8, 4) is 17.2 Å². The van der Waals surface area contributed by atoms with Gasteiger partial charge in [-0.1, -0.05) is 29.8 Å². The highest BCUT2D eigenvalue weighted by molar-refractivity contribution is 6.30. The molecule has 33 heavy (non-hydrogen) atoms. The predicted molar refractivity (Wildman–Crippen MR) is 126 cm³/mol. The number of fused-ring (bicyclic) bond motifs is 1. The summed E-state index contributed by atoms with van der Waals surface area (Å²) in [7, 11) is 0. The van der Waals surface area contributed by atoms with Gasteiger partial charge in [0.2, 0.25) is 6.79 Å². The Bertz CT molecular complexity index is 1110. The Morgan fingerprint density at radius 2 is 1.55 bits per heavy atom. The molecule has 2 heterocycles. The van der Waals surface area contributed by atoms with Gasteiger partial charge >= 0.3 is 0 Å². The maximum Gasteiger partial charge on any atom is 0.253 e. The number of halogens is 1. The van der Waals surface area contributed by atoms with Crippen LogP contribution in [-0.2, 0) is 13.2 Å². The molecule has 0 N–H and O–H groups in total. The molecule has 170 valence electrons. The molecular weight excluding hydrogens is 440 g/mol. The first-order valence-corrected chi connectivity index (χ1v) is 11.4. The van der Waals surface area contributed by atoms with Crippen molar-refractivity contribution in [3.05, 3.63) is 88.4 Å². The van der Waals surface area contributed by atoms with Gasteiger partial charge in [-0.05, 0) is 59.7 Å². The number of ether oxygens (including phenoxy) is 3. The van der Waals surface area contributed by atoms with Crippen molar-refractivity contribution in [1.82, 2.24) is 9.80 Å². The standard InChI is InChI=1S/C26H25ClN2O4/c27-22-6-8-23(9-7-22)31-17-19-1-4-21(5-2-19)26(30)29-13-11-28(12-14-29)16-20-3-10-24-25(15-20)33-18-32-24/h1-10,15H,11-14,16-18H2. The van der Waals surface area contributed by atoms with Crippen molar-refractivity contribution in [2.24, 2.45) is 0 Å². The molecule has 1 amide bonds. The van der Waals surface area contributed by atoms with E-state index in [0.29, 0.717) is 30.3 Å². The van der Waals surface area contributed by atoms with Crippen LogP contribution in [0.25, 0.3) is 0 Å². The molecule has 2 aliphatic heterocycles. The molecule has 2 aliphatic rings. The first kappa shape index (κ1) is 21.6. The van der Waals surface area contributed by atoms with E-state index in [1.807, 2.05) is 53.4 Å². The molecule has 0 saturated carbocycles. The summed E-state index contributed by atoms with van der Waals surface area (Å²) in [5, 5.41) is 0.680. The molecule has 0 bridgehead atoms. The highest BCUT2D eigenvalue weighted by Gasteiger charge is 2.23. The third-order valence-corrected chi connectivity index (χ3v) is 6.17. The number of rotatable bonds is 6. The van der Waals surface area contributed by atoms with Gasteiger partial charge in [-0.15, -0.1) is 0 Å². The van der Waals surface area contributed by atoms with Crippen LogP contribution in [0.1, 0.15) is 21.5 Å². The summed E-state index contributed by atoms with van der Waals surface area (Å²) in [4.78, 5) is 17.2. The van der Waals surface area contributed by atoms with Gasteiger partial charge < -0.3 is 19.1 Å². The largest absolute Gasteiger partial charge is 0.489 e. The maximum atomic E-state index is 12.9. The summed E-state index contributed by atoms with van der Waals surface area (Å²) in [6, 6.07) is 21.0. The molecule has 0 spiro atoms. The predicted octanol–water partition coefficient (Wildman–Crippen LogP) is 4.61. The van der Waals surface area contributed by atoms with E-state index < -0.39 is 0 Å². The number of nitrogens with zero attached hydrogens (tertiary/aromatic N) is 2. The first-order valence-electron chi connectivity index (χ1n) is 11.0. The number of amides is 1. The van der Waals surface area contributed by atoms with Crippen molar-refractivity contribution in [2.75, 3.05) is 33.0 Å². The normalized spacial score (nSPS) is 15.5. The topological polar surface area (TPSA) is 51.2 Å². The van der Waals surface area contributed by atoms with Crippen LogP contribution >= 0.6 is 11.6 Å². The fourth-order valence-corrected chi connectivity index (χ4v) is 4.16. The van der Waals surface area contributed by atoms with E-state index in [1.165, 1.54) is 5.56 Å². The summed E-state index contributed by atoms with van der Waals surface area (Å²) in [5.74, 6) is 2.45. The number of hydrogen-bond donors (Lipinski definition) is 0. The van der Waals surface area contributed by atoms with Crippen molar-refractivity contribution in [2.45, 2.75) is 13.2 Å². The SMILES string of the molecule is O=C(c1ccc(COc2ccc(Cl)cc2)cc1)N1CCN(Cc2ccc3c(c2)OCO3)CC1. The van der Waals surface area contributed by atoms with E-state index in [0.717, 1.165) is 42.4 Å². The van der Waals surface area contributed by atoms with Crippen molar-refractivity contribution in [3.63, 3.8) is 0 Å². The summed E-state index contributed by atoms with van der Waals surface area (Å²) in [6.07, 6.45) is 0. The minimum Gasteiger partial charge on any atom is -0.489 e. The molecule has 0 radical (unpaired) electrons. The van der Waals surface area contributed by atoms with Crippen LogP contribution in [0, 0.1) is 0 Å². The molecule has 5 rings (SSSR count). The van der Waals surface area contributed by atoms with Gasteiger partial charge in [-0.3, -0.25) is 9.69 Å². The molecule has 0 aliphatic carbocycles. The third-order valence-electron chi connectivity index (χ3n) is 5.92. The number of carbonyl (C=O) groups excluding carboxylic acids is 1. The van der Waals surface area contributed by atoms with Crippen LogP contribution in [0.3, 0.4) is 0 Å². The lowest BCUT2D eigenvalue weighted by Gasteiger charge is -2.34. The Morgan fingerprint density at radius 3 is 2.30 bits per heavy atom. The molecule has 6 nitrogen and oxygen atoms in total. The highest BCUT2D eigenvalue weighted by Crippen LogP contribution is 2.32. The number of carbonyl (C=O) groups is 1. The smallest absolute Gasteiger partial charge is 0.253 e. The molecular formula is C26H25ClN2O4. The number of benzene rings is 3. The molecule has 7 heteroatoms. The fourth-order valence-electron chi connectivity index (χ4n) is 4.03. The fraction of sp³-hybridized carbons (Fsp3) is 0.269. The van der Waals surface area contributed by atoms with Gasteiger partial charge in [0.25, 0.3) is 5.91 Å². The quantitative estimate of drug-likeness (QED) is 0.533. The zero-order valence-electron chi connectivity index (χ0n) is 18.2. The van der Waals surface area contributed by atoms with E-state index in [9.17, 15) is 4.79 Å². The molecule has 1 fully saturated rings. The summed E-state index contributed by atoms with van der Waals surface area (Å²) in [5.41, 5.74) is 2.90. The van der Waals surface area contributed by atoms with Gasteiger partial charge in [-0.2, -0.15) is 0 Å². The number of piperazine rings is 1. The van der Waals surface area contributed by atoms with Gasteiger partial charge in [0.15, 0.2) is 11.5 Å². The zero-order valence-corrected chi connectivity index (χ0v) is 19.0. The van der Waals surface area contributed by atoms with Crippen molar-refractivity contribution < 1.29 is 19.0 Å². The Hall–Kier alpha value is -3.22. The maximum absolute atomic E-state index is 12.9. The number of hydrogen-bond acceptors (Lipinski definition) is 5. The average Bonchev–Trinajstić information content (AvgIpc) is 3.32. The van der Waals surface area contributed by atoms with Crippen LogP contribution in [0.5, 0.6) is 17.2 Å². The first-order chi connectivity index (χ1) is 16.1. The molecule has 1 saturated heterocycles. The Balaban J connectivity index is 1.11. The van der Waals surface area contributed by atoms with Crippen LogP contribution in [0.2, 0.25) is 5.02 Å². The molecule has 0 aromatic heterocycles. The molecule has 3 aromatic carbocycles. The van der Waals surface area contributed by atoms with E-state index in [1.54, 1.807) is 12.1 Å². The second-order valence-corrected chi connectivity index (χ2v) is 8.63. The lowest BCUT2D eigenvalue weighted by molar-refractivity contribution is 0.0628. The van der Waals surface area contributed by atoms with E-state index in [2.05, 4.69) is 11.0 Å². The Kier molecular flexibility index (Phi) is 6.37. The van der Waals surface area contributed by atoms with Crippen LogP contribution < -0.4 is 14.2 Å². The lowest BCUT2D eigenvalue weighted by Crippen LogP contribution is -2.48. The van der Waals surface area contributed by atoms with Crippen molar-refractivity contribution >= 4 is 17.5 Å². The van der Waals surface area contributed by atoms with Gasteiger partial charge in [0, 0.05) is 43.3 Å². The van der Waals surface area contributed by atoms with Crippen molar-refractivity contribution in [1.29, 1.82) is 0 Å². The second-order valence-electron chi connectivity index (χ2n) is 8.20. The monoisotopic (exact) mass is 464 g/mol. The summed E-state index contributed by atoms with van der Waals surface area (Å²) >= 11 is 5.90. The zero-order chi connectivity index (χ0) is 22.6. The lowest BCUT2D eigenvalue weighted by atomic mass is 10.1. The Labute approximate surface area is 198 Å². The molecule has 3 aromatic rings. The van der Waals surface area contributed by atoms with Crippen LogP contribution in [0.15, 0.2) is 66.7 Å². The summed E-state index contributed by atoms with van der Waals surface area (Å²) < 4.78 is 16.6. The minimum absolute atomic E-state index is 0.0721. The van der Waals surface area contributed by atoms with Gasteiger partial charge in [0.05, 0.1) is 0 Å². The van der Waals surface area contributed by atoms with Crippen LogP contribution in [-0.4, -0.2) is 48.7 Å². The van der Waals surface area contributed by atoms with E-state index in [-0.39, 0.29) is 12.7 Å². The average molecular weight is 465 g/mol.